The number of aliphatic hydroxyl groups excluding tert-OH is 1. The Morgan fingerprint density at radius 1 is 0.468 bits per heavy atom. The second-order valence-corrected chi connectivity index (χ2v) is 24.5. The second-order valence-electron chi connectivity index (χ2n) is 23.1. The number of likely N-dealkylation sites (N-methyl/N-ethyl adjacent to an activating group) is 1. The lowest BCUT2D eigenvalue weighted by Crippen LogP contribution is -2.45. The van der Waals surface area contributed by atoms with Crippen molar-refractivity contribution in [3.8, 4) is 0 Å². The lowest BCUT2D eigenvalue weighted by atomic mass is 10.0. The molecule has 3 unspecified atom stereocenters. The first kappa shape index (κ1) is 74.7. The molecule has 0 aromatic carbocycles. The van der Waals surface area contributed by atoms with Gasteiger partial charge in [0.1, 0.15) is 13.2 Å². The number of rotatable bonds is 59. The predicted molar refractivity (Wildman–Crippen MR) is 334 cm³/mol. The van der Waals surface area contributed by atoms with E-state index >= 15 is 0 Å². The van der Waals surface area contributed by atoms with Crippen LogP contribution < -0.4 is 10.2 Å². The standard InChI is InChI=1S/C68H125N2O6P/c1-6-8-10-12-14-16-18-20-22-24-26-28-30-31-32-33-34-35-36-37-38-40-41-43-45-47-49-51-53-55-57-59-61-67(71)66(65-76-77(73,74)75-64-63-70(3,4)5)69-68(72)62-60-58-56-54-52-50-48-46-44-42-39-29-27-25-23-21-19-17-15-13-11-9-7-2/h9,11,15,17,21,23,27,29,42,44,51,53,59,61,66-67,71H,6-8,10,12-14,16,18-20,22,24-26,28,30-41,43,45-50,52,54-58,60,62-65H2,1-5H3,(H-,69,72,73,74)/b11-9-,17-15-,23-21-,29-27-,44-42-,53-51+,61-59+. The Morgan fingerprint density at radius 3 is 1.21 bits per heavy atom. The lowest BCUT2D eigenvalue weighted by Gasteiger charge is -2.29. The number of nitrogens with zero attached hydrogens (tertiary/aromatic N) is 1. The summed E-state index contributed by atoms with van der Waals surface area (Å²) in [5, 5.41) is 13.9. The Morgan fingerprint density at radius 2 is 0.805 bits per heavy atom. The van der Waals surface area contributed by atoms with Crippen molar-refractivity contribution in [1.82, 2.24) is 5.32 Å². The zero-order valence-electron chi connectivity index (χ0n) is 51.1. The molecule has 3 atom stereocenters. The Kier molecular flexibility index (Phi) is 56.6. The summed E-state index contributed by atoms with van der Waals surface area (Å²) in [5.74, 6) is -0.219. The molecule has 2 N–H and O–H groups in total. The van der Waals surface area contributed by atoms with E-state index in [1.165, 1.54) is 186 Å². The molecule has 0 heterocycles. The van der Waals surface area contributed by atoms with Crippen molar-refractivity contribution in [2.24, 2.45) is 0 Å². The van der Waals surface area contributed by atoms with Gasteiger partial charge in [-0.1, -0.05) is 292 Å². The molecule has 77 heavy (non-hydrogen) atoms. The number of phosphoric ester groups is 1. The number of allylic oxidation sites excluding steroid dienone is 13. The summed E-state index contributed by atoms with van der Waals surface area (Å²) in [6.45, 7) is 4.53. The highest BCUT2D eigenvalue weighted by molar-refractivity contribution is 7.45. The molecule has 0 spiro atoms. The summed E-state index contributed by atoms with van der Waals surface area (Å²) in [7, 11) is 1.23. The van der Waals surface area contributed by atoms with Crippen molar-refractivity contribution in [3.63, 3.8) is 0 Å². The van der Waals surface area contributed by atoms with Crippen LogP contribution in [-0.2, 0) is 18.4 Å². The molecule has 0 radical (unpaired) electrons. The smallest absolute Gasteiger partial charge is 0.268 e. The van der Waals surface area contributed by atoms with Crippen LogP contribution in [0.5, 0.6) is 0 Å². The van der Waals surface area contributed by atoms with E-state index in [1.54, 1.807) is 6.08 Å². The van der Waals surface area contributed by atoms with Gasteiger partial charge in [-0.15, -0.1) is 0 Å². The average molecular weight is 1100 g/mol. The topological polar surface area (TPSA) is 108 Å². The summed E-state index contributed by atoms with van der Waals surface area (Å²) in [6.07, 6.45) is 82.7. The highest BCUT2D eigenvalue weighted by atomic mass is 31.2. The molecule has 1 amide bonds. The van der Waals surface area contributed by atoms with E-state index in [0.717, 1.165) is 83.5 Å². The van der Waals surface area contributed by atoms with Crippen LogP contribution in [0.1, 0.15) is 290 Å². The monoisotopic (exact) mass is 1100 g/mol. The number of hydrogen-bond acceptors (Lipinski definition) is 6. The number of hydrogen-bond donors (Lipinski definition) is 2. The van der Waals surface area contributed by atoms with Crippen molar-refractivity contribution >= 4 is 13.7 Å². The minimum atomic E-state index is -4.62. The molecule has 8 nitrogen and oxygen atoms in total. The largest absolute Gasteiger partial charge is 0.756 e. The van der Waals surface area contributed by atoms with Crippen LogP contribution in [0.4, 0.5) is 0 Å². The average Bonchev–Trinajstić information content (AvgIpc) is 3.39. The van der Waals surface area contributed by atoms with Crippen LogP contribution in [-0.4, -0.2) is 68.5 Å². The first-order valence-electron chi connectivity index (χ1n) is 32.4. The third kappa shape index (κ3) is 61.2. The third-order valence-electron chi connectivity index (χ3n) is 14.3. The van der Waals surface area contributed by atoms with E-state index in [9.17, 15) is 19.4 Å². The fraction of sp³-hybridized carbons (Fsp3) is 0.779. The number of carbonyl (C=O) groups is 1. The van der Waals surface area contributed by atoms with Crippen molar-refractivity contribution < 1.29 is 32.9 Å². The second kappa shape index (κ2) is 58.3. The summed E-state index contributed by atoms with van der Waals surface area (Å²) >= 11 is 0. The number of phosphoric acid groups is 1. The fourth-order valence-electron chi connectivity index (χ4n) is 9.32. The van der Waals surface area contributed by atoms with E-state index in [1.807, 2.05) is 27.2 Å². The van der Waals surface area contributed by atoms with Crippen molar-refractivity contribution in [2.75, 3.05) is 40.9 Å². The molecule has 0 aromatic heterocycles. The van der Waals surface area contributed by atoms with Gasteiger partial charge in [-0.3, -0.25) is 9.36 Å². The summed E-state index contributed by atoms with van der Waals surface area (Å²) < 4.78 is 23.4. The quantitative estimate of drug-likeness (QED) is 0.0272. The van der Waals surface area contributed by atoms with Gasteiger partial charge in [0.15, 0.2) is 0 Å². The van der Waals surface area contributed by atoms with E-state index in [4.69, 9.17) is 9.05 Å². The van der Waals surface area contributed by atoms with Gasteiger partial charge in [-0.2, -0.15) is 0 Å². The number of aliphatic hydroxyl groups is 1. The van der Waals surface area contributed by atoms with Crippen molar-refractivity contribution in [3.05, 3.63) is 85.1 Å². The van der Waals surface area contributed by atoms with Crippen LogP contribution >= 0.6 is 7.82 Å². The molecule has 0 aromatic rings. The summed E-state index contributed by atoms with van der Waals surface area (Å²) in [5.41, 5.74) is 0. The van der Waals surface area contributed by atoms with E-state index < -0.39 is 26.6 Å². The van der Waals surface area contributed by atoms with Crippen LogP contribution in [0.15, 0.2) is 85.1 Å². The molecule has 0 saturated heterocycles. The Balaban J connectivity index is 4.17. The van der Waals surface area contributed by atoms with Crippen molar-refractivity contribution in [1.29, 1.82) is 0 Å². The number of carbonyl (C=O) groups excluding carboxylic acids is 1. The van der Waals surface area contributed by atoms with Gasteiger partial charge >= 0.3 is 0 Å². The summed E-state index contributed by atoms with van der Waals surface area (Å²) in [6, 6.07) is -0.917. The van der Waals surface area contributed by atoms with E-state index in [0.29, 0.717) is 17.4 Å². The molecule has 448 valence electrons. The Bertz CT molecular complexity index is 1530. The number of quaternary nitrogens is 1. The maximum Gasteiger partial charge on any atom is 0.268 e. The highest BCUT2D eigenvalue weighted by Crippen LogP contribution is 2.38. The number of nitrogens with one attached hydrogen (secondary N) is 1. The lowest BCUT2D eigenvalue weighted by molar-refractivity contribution is -0.870. The number of unbranched alkanes of at least 4 members (excludes halogenated alkanes) is 34. The molecule has 0 aliphatic carbocycles. The van der Waals surface area contributed by atoms with Gasteiger partial charge in [0.25, 0.3) is 7.82 Å². The normalized spacial score (nSPS) is 14.3. The van der Waals surface area contributed by atoms with Gasteiger partial charge in [0.2, 0.25) is 5.91 Å². The van der Waals surface area contributed by atoms with E-state index in [-0.39, 0.29) is 12.5 Å². The molecule has 0 saturated carbocycles. The molecule has 0 bridgehead atoms. The van der Waals surface area contributed by atoms with Crippen molar-refractivity contribution in [2.45, 2.75) is 302 Å². The molecule has 0 aliphatic rings. The Hall–Kier alpha value is -2.32. The Labute approximate surface area is 477 Å². The minimum Gasteiger partial charge on any atom is -0.756 e. The van der Waals surface area contributed by atoms with Gasteiger partial charge in [-0.25, -0.2) is 0 Å². The zero-order valence-corrected chi connectivity index (χ0v) is 52.0. The minimum absolute atomic E-state index is 0.0126. The summed E-state index contributed by atoms with van der Waals surface area (Å²) in [4.78, 5) is 25.6. The van der Waals surface area contributed by atoms with Gasteiger partial charge in [-0.05, 0) is 77.0 Å². The molecule has 0 aliphatic heterocycles. The zero-order chi connectivity index (χ0) is 56.3. The first-order valence-corrected chi connectivity index (χ1v) is 33.9. The van der Waals surface area contributed by atoms with Crippen LogP contribution in [0, 0.1) is 0 Å². The third-order valence-corrected chi connectivity index (χ3v) is 15.3. The molecular weight excluding hydrogens is 972 g/mol. The molecule has 0 fully saturated rings. The van der Waals surface area contributed by atoms with Gasteiger partial charge < -0.3 is 28.8 Å². The molecule has 9 heteroatoms. The highest BCUT2D eigenvalue weighted by Gasteiger charge is 2.23. The maximum absolute atomic E-state index is 13.0. The van der Waals surface area contributed by atoms with Gasteiger partial charge in [0.05, 0.1) is 39.9 Å². The van der Waals surface area contributed by atoms with Crippen LogP contribution in [0.25, 0.3) is 0 Å². The van der Waals surface area contributed by atoms with Crippen LogP contribution in [0.2, 0.25) is 0 Å². The van der Waals surface area contributed by atoms with Crippen LogP contribution in [0.3, 0.4) is 0 Å². The SMILES string of the molecule is CC/C=C\C/C=C\C/C=C\C/C=C\C/C=C\CCCCCCCCCC(=O)NC(COP(=O)([O-])OCC[N+](C)(C)C)C(O)/C=C/CC/C=C/CCCCCCCCCCCCCCCCCCCCCCCCCCCC. The predicted octanol–water partition coefficient (Wildman–Crippen LogP) is 19.7. The number of amides is 1. The molecular formula is C68H125N2O6P. The molecule has 0 rings (SSSR count). The fourth-order valence-corrected chi connectivity index (χ4v) is 10.0. The maximum atomic E-state index is 13.0. The van der Waals surface area contributed by atoms with E-state index in [2.05, 4.69) is 92.1 Å². The van der Waals surface area contributed by atoms with Gasteiger partial charge in [0, 0.05) is 6.42 Å². The first-order chi connectivity index (χ1) is 37.5.